The molecule has 1 atom stereocenters. The maximum atomic E-state index is 12.6. The van der Waals surface area contributed by atoms with Gasteiger partial charge in [-0.2, -0.15) is 0 Å². The highest BCUT2D eigenvalue weighted by molar-refractivity contribution is 6.31. The number of ether oxygens (including phenoxy) is 1. The van der Waals surface area contributed by atoms with Gasteiger partial charge in [-0.3, -0.25) is 9.59 Å². The predicted octanol–water partition coefficient (Wildman–Crippen LogP) is 3.07. The van der Waals surface area contributed by atoms with Crippen molar-refractivity contribution in [3.8, 4) is 5.75 Å². The monoisotopic (exact) mass is 378 g/mol. The van der Waals surface area contributed by atoms with E-state index in [0.29, 0.717) is 34.4 Å². The zero-order valence-electron chi connectivity index (χ0n) is 13.2. The molecule has 1 N–H and O–H groups in total. The zero-order chi connectivity index (χ0) is 17.8. The van der Waals surface area contributed by atoms with Crippen molar-refractivity contribution >= 4 is 35.0 Å². The highest BCUT2D eigenvalue weighted by Crippen LogP contribution is 2.29. The third kappa shape index (κ3) is 4.06. The van der Waals surface area contributed by atoms with Crippen molar-refractivity contribution < 1.29 is 14.3 Å². The first-order chi connectivity index (χ1) is 12.1. The molecule has 7 heteroatoms. The van der Waals surface area contributed by atoms with Crippen molar-refractivity contribution in [1.82, 2.24) is 10.2 Å². The summed E-state index contributed by atoms with van der Waals surface area (Å²) in [6.45, 7) is 0.618. The van der Waals surface area contributed by atoms with Gasteiger partial charge in [0.05, 0.1) is 0 Å². The minimum absolute atomic E-state index is 0.171. The minimum atomic E-state index is -0.760. The van der Waals surface area contributed by atoms with E-state index < -0.39 is 6.04 Å². The van der Waals surface area contributed by atoms with Crippen LogP contribution in [-0.4, -0.2) is 36.4 Å². The molecule has 1 saturated heterocycles. The van der Waals surface area contributed by atoms with Crippen LogP contribution in [0.2, 0.25) is 10.0 Å². The Morgan fingerprint density at radius 2 is 1.88 bits per heavy atom. The first kappa shape index (κ1) is 17.6. The summed E-state index contributed by atoms with van der Waals surface area (Å²) in [6, 6.07) is 13.0. The highest BCUT2D eigenvalue weighted by Gasteiger charge is 2.35. The largest absolute Gasteiger partial charge is 0.484 e. The van der Waals surface area contributed by atoms with Crippen molar-refractivity contribution in [2.24, 2.45) is 0 Å². The molecular weight excluding hydrogens is 363 g/mol. The molecule has 1 heterocycles. The number of carbonyl (C=O) groups excluding carboxylic acids is 2. The highest BCUT2D eigenvalue weighted by atomic mass is 35.5. The molecule has 5 nitrogen and oxygen atoms in total. The second kappa shape index (κ2) is 7.76. The third-order valence-electron chi connectivity index (χ3n) is 3.91. The number of piperazine rings is 1. The fourth-order valence-electron chi connectivity index (χ4n) is 2.70. The molecule has 25 heavy (non-hydrogen) atoms. The van der Waals surface area contributed by atoms with Crippen molar-refractivity contribution in [3.05, 3.63) is 64.1 Å². The quantitative estimate of drug-likeness (QED) is 0.889. The first-order valence-electron chi connectivity index (χ1n) is 7.76. The molecule has 0 bridgehead atoms. The van der Waals surface area contributed by atoms with E-state index in [1.807, 2.05) is 0 Å². The lowest BCUT2D eigenvalue weighted by molar-refractivity contribution is -0.145. The Hall–Kier alpha value is -2.24. The number of benzene rings is 2. The maximum absolute atomic E-state index is 12.6. The molecule has 130 valence electrons. The van der Waals surface area contributed by atoms with Crippen molar-refractivity contribution in [2.75, 3.05) is 19.7 Å². The van der Waals surface area contributed by atoms with Gasteiger partial charge in [0, 0.05) is 28.7 Å². The van der Waals surface area contributed by atoms with Gasteiger partial charge in [0.2, 0.25) is 5.91 Å². The van der Waals surface area contributed by atoms with Crippen LogP contribution in [0.4, 0.5) is 0 Å². The summed E-state index contributed by atoms with van der Waals surface area (Å²) in [7, 11) is 0. The van der Waals surface area contributed by atoms with Crippen LogP contribution >= 0.6 is 23.2 Å². The third-order valence-corrected chi connectivity index (χ3v) is 4.50. The Morgan fingerprint density at radius 3 is 2.60 bits per heavy atom. The minimum Gasteiger partial charge on any atom is -0.484 e. The van der Waals surface area contributed by atoms with E-state index in [0.717, 1.165) is 0 Å². The van der Waals surface area contributed by atoms with Gasteiger partial charge in [0.25, 0.3) is 5.91 Å². The van der Waals surface area contributed by atoms with E-state index in [2.05, 4.69) is 5.32 Å². The summed E-state index contributed by atoms with van der Waals surface area (Å²) >= 11 is 12.0. The molecule has 2 aromatic rings. The number of hydrogen-bond donors (Lipinski definition) is 1. The standard InChI is InChI=1S/C18H16Cl2N2O3/c19-12-5-7-13(8-6-12)25-11-16(23)22-10-9-21-18(24)17(22)14-3-1-2-4-15(14)20/h1-8,17H,9-11H2,(H,21,24). The lowest BCUT2D eigenvalue weighted by atomic mass is 10.0. The topological polar surface area (TPSA) is 58.6 Å². The first-order valence-corrected chi connectivity index (χ1v) is 8.52. The summed E-state index contributed by atoms with van der Waals surface area (Å²) < 4.78 is 5.51. The SMILES string of the molecule is O=C1NCCN(C(=O)COc2ccc(Cl)cc2)C1c1ccccc1Cl. The fourth-order valence-corrected chi connectivity index (χ4v) is 3.07. The molecule has 2 aromatic carbocycles. The van der Waals surface area contributed by atoms with Crippen LogP contribution in [0.5, 0.6) is 5.75 Å². The van der Waals surface area contributed by atoms with E-state index in [4.69, 9.17) is 27.9 Å². The van der Waals surface area contributed by atoms with Crippen LogP contribution in [0, 0.1) is 0 Å². The molecule has 0 radical (unpaired) electrons. The summed E-state index contributed by atoms with van der Waals surface area (Å²) in [5.74, 6) is 0.00224. The molecular formula is C18H16Cl2N2O3. The summed E-state index contributed by atoms with van der Waals surface area (Å²) in [4.78, 5) is 26.5. The van der Waals surface area contributed by atoms with Gasteiger partial charge in [0.1, 0.15) is 11.8 Å². The van der Waals surface area contributed by atoms with Gasteiger partial charge < -0.3 is 15.0 Å². The molecule has 1 unspecified atom stereocenters. The van der Waals surface area contributed by atoms with E-state index >= 15 is 0 Å². The van der Waals surface area contributed by atoms with Crippen LogP contribution in [0.25, 0.3) is 0 Å². The van der Waals surface area contributed by atoms with Crippen LogP contribution in [-0.2, 0) is 9.59 Å². The van der Waals surface area contributed by atoms with Gasteiger partial charge in [-0.25, -0.2) is 0 Å². The predicted molar refractivity (Wildman–Crippen MR) is 95.9 cm³/mol. The smallest absolute Gasteiger partial charge is 0.261 e. The second-order valence-electron chi connectivity index (χ2n) is 5.54. The normalized spacial score (nSPS) is 17.1. The molecule has 0 aromatic heterocycles. The Labute approximate surface area is 155 Å². The van der Waals surface area contributed by atoms with E-state index in [9.17, 15) is 9.59 Å². The Kier molecular flexibility index (Phi) is 5.46. The van der Waals surface area contributed by atoms with E-state index in [-0.39, 0.29) is 18.4 Å². The average Bonchev–Trinajstić information content (AvgIpc) is 2.61. The number of halogens is 2. The Morgan fingerprint density at radius 1 is 1.16 bits per heavy atom. The summed E-state index contributed by atoms with van der Waals surface area (Å²) in [6.07, 6.45) is 0. The van der Waals surface area contributed by atoms with Gasteiger partial charge in [-0.05, 0) is 30.3 Å². The second-order valence-corrected chi connectivity index (χ2v) is 6.39. The molecule has 1 aliphatic heterocycles. The van der Waals surface area contributed by atoms with Crippen molar-refractivity contribution in [2.45, 2.75) is 6.04 Å². The summed E-state index contributed by atoms with van der Waals surface area (Å²) in [5, 5.41) is 3.81. The zero-order valence-corrected chi connectivity index (χ0v) is 14.8. The van der Waals surface area contributed by atoms with Gasteiger partial charge in [-0.15, -0.1) is 0 Å². The fraction of sp³-hybridized carbons (Fsp3) is 0.222. The number of amides is 2. The van der Waals surface area contributed by atoms with Crippen LogP contribution in [0.1, 0.15) is 11.6 Å². The Bertz CT molecular complexity index is 780. The number of rotatable bonds is 4. The van der Waals surface area contributed by atoms with Crippen molar-refractivity contribution in [3.63, 3.8) is 0 Å². The van der Waals surface area contributed by atoms with E-state index in [1.165, 1.54) is 4.90 Å². The lowest BCUT2D eigenvalue weighted by Crippen LogP contribution is -2.53. The van der Waals surface area contributed by atoms with Crippen LogP contribution in [0.15, 0.2) is 48.5 Å². The molecule has 0 spiro atoms. The van der Waals surface area contributed by atoms with Crippen molar-refractivity contribution in [1.29, 1.82) is 0 Å². The van der Waals surface area contributed by atoms with Crippen LogP contribution < -0.4 is 10.1 Å². The molecule has 0 aliphatic carbocycles. The molecule has 0 saturated carbocycles. The average molecular weight is 379 g/mol. The Balaban J connectivity index is 1.76. The number of hydrogen-bond acceptors (Lipinski definition) is 3. The van der Waals surface area contributed by atoms with Gasteiger partial charge in [0.15, 0.2) is 6.61 Å². The number of carbonyl (C=O) groups is 2. The molecule has 3 rings (SSSR count). The number of nitrogens with zero attached hydrogens (tertiary/aromatic N) is 1. The number of nitrogens with one attached hydrogen (secondary N) is 1. The molecule has 1 aliphatic rings. The van der Waals surface area contributed by atoms with Gasteiger partial charge in [-0.1, -0.05) is 41.4 Å². The molecule has 2 amide bonds. The molecule has 1 fully saturated rings. The maximum Gasteiger partial charge on any atom is 0.261 e. The summed E-state index contributed by atoms with van der Waals surface area (Å²) in [5.41, 5.74) is 0.598. The van der Waals surface area contributed by atoms with E-state index in [1.54, 1.807) is 48.5 Å². The van der Waals surface area contributed by atoms with Gasteiger partial charge >= 0.3 is 0 Å². The van der Waals surface area contributed by atoms with Crippen LogP contribution in [0.3, 0.4) is 0 Å². The lowest BCUT2D eigenvalue weighted by Gasteiger charge is -2.35.